The van der Waals surface area contributed by atoms with Gasteiger partial charge in [-0.1, -0.05) is 44.2 Å². The minimum atomic E-state index is 0.463. The van der Waals surface area contributed by atoms with Crippen LogP contribution in [0.5, 0.6) is 0 Å². The molecule has 1 heterocycles. The number of benzene rings is 1. The first-order valence-corrected chi connectivity index (χ1v) is 8.16. The first-order valence-electron chi connectivity index (χ1n) is 8.16. The summed E-state index contributed by atoms with van der Waals surface area (Å²) in [6.45, 7) is 8.39. The van der Waals surface area contributed by atoms with Crippen molar-refractivity contribution in [3.8, 4) is 0 Å². The van der Waals surface area contributed by atoms with Gasteiger partial charge in [0, 0.05) is 25.2 Å². The molecule has 0 amide bonds. The van der Waals surface area contributed by atoms with E-state index in [-0.39, 0.29) is 0 Å². The molecule has 3 rings (SSSR count). The highest BCUT2D eigenvalue weighted by atomic mass is 15.2. The van der Waals surface area contributed by atoms with Gasteiger partial charge in [-0.25, -0.2) is 0 Å². The third kappa shape index (κ3) is 3.62. The summed E-state index contributed by atoms with van der Waals surface area (Å²) in [7, 11) is 0. The van der Waals surface area contributed by atoms with Crippen LogP contribution in [0.2, 0.25) is 0 Å². The predicted molar refractivity (Wildman–Crippen MR) is 84.8 cm³/mol. The summed E-state index contributed by atoms with van der Waals surface area (Å²) in [5.41, 5.74) is 1.93. The second kappa shape index (κ2) is 5.87. The molecule has 2 heteroatoms. The molecule has 1 aromatic rings. The predicted octanol–water partition coefficient (Wildman–Crippen LogP) is 3.60. The average Bonchev–Trinajstić information content (AvgIpc) is 3.23. The van der Waals surface area contributed by atoms with Crippen molar-refractivity contribution in [3.63, 3.8) is 0 Å². The van der Waals surface area contributed by atoms with E-state index in [0.717, 1.165) is 12.6 Å². The Hall–Kier alpha value is -0.860. The molecule has 1 saturated carbocycles. The highest BCUT2D eigenvalue weighted by Crippen LogP contribution is 2.33. The van der Waals surface area contributed by atoms with E-state index in [1.165, 1.54) is 44.3 Å². The topological polar surface area (TPSA) is 15.3 Å². The molecular weight excluding hydrogens is 244 g/mol. The normalized spacial score (nSPS) is 24.5. The first kappa shape index (κ1) is 14.1. The van der Waals surface area contributed by atoms with Crippen molar-refractivity contribution < 1.29 is 0 Å². The third-order valence-electron chi connectivity index (χ3n) is 4.73. The van der Waals surface area contributed by atoms with E-state index in [4.69, 9.17) is 0 Å². The van der Waals surface area contributed by atoms with Gasteiger partial charge in [-0.2, -0.15) is 0 Å². The molecule has 2 nitrogen and oxygen atoms in total. The second-order valence-electron chi connectivity index (χ2n) is 7.35. The number of hydrogen-bond acceptors (Lipinski definition) is 2. The molecule has 110 valence electrons. The zero-order chi connectivity index (χ0) is 14.0. The Morgan fingerprint density at radius 1 is 1.25 bits per heavy atom. The van der Waals surface area contributed by atoms with Crippen LogP contribution in [0.15, 0.2) is 30.3 Å². The molecule has 0 bridgehead atoms. The van der Waals surface area contributed by atoms with Crippen LogP contribution in [-0.4, -0.2) is 30.6 Å². The fourth-order valence-corrected chi connectivity index (χ4v) is 3.43. The lowest BCUT2D eigenvalue weighted by atomic mass is 9.83. The minimum absolute atomic E-state index is 0.463. The first-order chi connectivity index (χ1) is 9.64. The summed E-state index contributed by atoms with van der Waals surface area (Å²) in [6, 6.07) is 12.4. The van der Waals surface area contributed by atoms with Gasteiger partial charge in [-0.05, 0) is 43.2 Å². The monoisotopic (exact) mass is 272 g/mol. The van der Waals surface area contributed by atoms with Crippen molar-refractivity contribution in [2.45, 2.75) is 51.6 Å². The lowest BCUT2D eigenvalue weighted by Gasteiger charge is -2.42. The summed E-state index contributed by atoms with van der Waals surface area (Å²) >= 11 is 0. The standard InChI is InChI=1S/C18H28N2/c1-18(2)11-6-12-20(14-18)17(13-19-16-9-10-16)15-7-4-3-5-8-15/h3-5,7-8,16-17,19H,6,9-14H2,1-2H3. The van der Waals surface area contributed by atoms with Gasteiger partial charge in [0.15, 0.2) is 0 Å². The Morgan fingerprint density at radius 2 is 2.00 bits per heavy atom. The minimum Gasteiger partial charge on any atom is -0.312 e. The maximum atomic E-state index is 3.74. The van der Waals surface area contributed by atoms with E-state index in [0.29, 0.717) is 11.5 Å². The molecule has 1 N–H and O–H groups in total. The quantitative estimate of drug-likeness (QED) is 0.881. The third-order valence-corrected chi connectivity index (χ3v) is 4.73. The molecule has 0 aromatic heterocycles. The average molecular weight is 272 g/mol. The molecule has 1 aromatic carbocycles. The van der Waals surface area contributed by atoms with E-state index < -0.39 is 0 Å². The van der Waals surface area contributed by atoms with Crippen molar-refractivity contribution >= 4 is 0 Å². The number of hydrogen-bond donors (Lipinski definition) is 1. The lowest BCUT2D eigenvalue weighted by Crippen LogP contribution is -2.45. The van der Waals surface area contributed by atoms with Crippen molar-refractivity contribution in [2.75, 3.05) is 19.6 Å². The highest BCUT2D eigenvalue weighted by molar-refractivity contribution is 5.20. The molecule has 0 radical (unpaired) electrons. The molecule has 1 atom stereocenters. The second-order valence-corrected chi connectivity index (χ2v) is 7.35. The molecule has 1 unspecified atom stereocenters. The maximum absolute atomic E-state index is 3.74. The SMILES string of the molecule is CC1(C)CCCN(C(CNC2CC2)c2ccccc2)C1. The Bertz CT molecular complexity index is 422. The van der Waals surface area contributed by atoms with E-state index in [1.54, 1.807) is 0 Å². The van der Waals surface area contributed by atoms with E-state index in [9.17, 15) is 0 Å². The molecular formula is C18H28N2. The zero-order valence-electron chi connectivity index (χ0n) is 12.9. The number of rotatable bonds is 5. The summed E-state index contributed by atoms with van der Waals surface area (Å²) in [6.07, 6.45) is 5.43. The van der Waals surface area contributed by atoms with Crippen LogP contribution in [0.4, 0.5) is 0 Å². The summed E-state index contributed by atoms with van der Waals surface area (Å²) in [4.78, 5) is 2.70. The van der Waals surface area contributed by atoms with Crippen molar-refractivity contribution in [3.05, 3.63) is 35.9 Å². The van der Waals surface area contributed by atoms with Crippen LogP contribution >= 0.6 is 0 Å². The van der Waals surface area contributed by atoms with Gasteiger partial charge in [-0.3, -0.25) is 4.90 Å². The van der Waals surface area contributed by atoms with Crippen LogP contribution in [0, 0.1) is 5.41 Å². The van der Waals surface area contributed by atoms with Crippen LogP contribution in [0.25, 0.3) is 0 Å². The van der Waals surface area contributed by atoms with Crippen molar-refractivity contribution in [2.24, 2.45) is 5.41 Å². The van der Waals surface area contributed by atoms with Gasteiger partial charge in [0.25, 0.3) is 0 Å². The zero-order valence-corrected chi connectivity index (χ0v) is 12.9. The van der Waals surface area contributed by atoms with Gasteiger partial charge in [0.1, 0.15) is 0 Å². The van der Waals surface area contributed by atoms with Gasteiger partial charge >= 0.3 is 0 Å². The summed E-state index contributed by atoms with van der Waals surface area (Å²) < 4.78 is 0. The van der Waals surface area contributed by atoms with Crippen LogP contribution in [-0.2, 0) is 0 Å². The Balaban J connectivity index is 1.73. The van der Waals surface area contributed by atoms with Gasteiger partial charge < -0.3 is 5.32 Å². The van der Waals surface area contributed by atoms with Crippen LogP contribution < -0.4 is 5.32 Å². The molecule has 1 aliphatic carbocycles. The molecule has 0 spiro atoms. The Morgan fingerprint density at radius 3 is 2.65 bits per heavy atom. The Kier molecular flexibility index (Phi) is 4.13. The number of piperidine rings is 1. The Labute approximate surface area is 123 Å². The van der Waals surface area contributed by atoms with Gasteiger partial charge in [0.2, 0.25) is 0 Å². The molecule has 2 fully saturated rings. The van der Waals surface area contributed by atoms with Crippen molar-refractivity contribution in [1.29, 1.82) is 0 Å². The summed E-state index contributed by atoms with van der Waals surface area (Å²) in [5, 5.41) is 3.74. The number of nitrogens with one attached hydrogen (secondary N) is 1. The lowest BCUT2D eigenvalue weighted by molar-refractivity contribution is 0.0769. The van der Waals surface area contributed by atoms with E-state index in [1.807, 2.05) is 0 Å². The van der Waals surface area contributed by atoms with Crippen molar-refractivity contribution in [1.82, 2.24) is 10.2 Å². The van der Waals surface area contributed by atoms with Crippen LogP contribution in [0.1, 0.15) is 51.1 Å². The molecule has 1 aliphatic heterocycles. The van der Waals surface area contributed by atoms with Gasteiger partial charge in [-0.15, -0.1) is 0 Å². The summed E-state index contributed by atoms with van der Waals surface area (Å²) in [5.74, 6) is 0. The van der Waals surface area contributed by atoms with Crippen LogP contribution in [0.3, 0.4) is 0 Å². The highest BCUT2D eigenvalue weighted by Gasteiger charge is 2.32. The molecule has 1 saturated heterocycles. The maximum Gasteiger partial charge on any atom is 0.0472 e. The number of nitrogens with zero attached hydrogens (tertiary/aromatic N) is 1. The van der Waals surface area contributed by atoms with E-state index in [2.05, 4.69) is 54.4 Å². The fraction of sp³-hybridized carbons (Fsp3) is 0.667. The molecule has 20 heavy (non-hydrogen) atoms. The van der Waals surface area contributed by atoms with E-state index >= 15 is 0 Å². The largest absolute Gasteiger partial charge is 0.312 e. The smallest absolute Gasteiger partial charge is 0.0472 e. The fourth-order valence-electron chi connectivity index (χ4n) is 3.43. The molecule has 2 aliphatic rings. The van der Waals surface area contributed by atoms with Gasteiger partial charge in [0.05, 0.1) is 0 Å². The number of likely N-dealkylation sites (tertiary alicyclic amines) is 1.